The molecular formula is C18H26N2O5S. The van der Waals surface area contributed by atoms with E-state index in [2.05, 4.69) is 4.72 Å². The van der Waals surface area contributed by atoms with Crippen molar-refractivity contribution in [3.8, 4) is 5.75 Å². The van der Waals surface area contributed by atoms with Crippen molar-refractivity contribution in [1.82, 2.24) is 9.79 Å². The van der Waals surface area contributed by atoms with Crippen molar-refractivity contribution in [3.63, 3.8) is 0 Å². The fourth-order valence-electron chi connectivity index (χ4n) is 3.60. The van der Waals surface area contributed by atoms with Crippen molar-refractivity contribution in [1.29, 1.82) is 0 Å². The number of carbonyl (C=O) groups is 1. The molecule has 0 spiro atoms. The van der Waals surface area contributed by atoms with Gasteiger partial charge in [0.1, 0.15) is 16.2 Å². The van der Waals surface area contributed by atoms with E-state index in [0.29, 0.717) is 12.2 Å². The first-order valence-corrected chi connectivity index (χ1v) is 10.3. The molecule has 2 aliphatic rings. The Morgan fingerprint density at radius 3 is 2.69 bits per heavy atom. The van der Waals surface area contributed by atoms with Crippen LogP contribution >= 0.6 is 0 Å². The lowest BCUT2D eigenvalue weighted by atomic mass is 9.94. The SMILES string of the molecule is CON1CCC(CC(=O)NS(=O)(=O)c2cccc3c2OC(C)(C)C3)CC1. The van der Waals surface area contributed by atoms with Gasteiger partial charge in [-0.05, 0) is 44.2 Å². The zero-order valence-corrected chi connectivity index (χ0v) is 16.3. The molecule has 7 nitrogen and oxygen atoms in total. The van der Waals surface area contributed by atoms with Crippen LogP contribution in [0.4, 0.5) is 0 Å². The monoisotopic (exact) mass is 382 g/mol. The number of carbonyl (C=O) groups excluding carboxylic acids is 1. The number of ether oxygens (including phenoxy) is 1. The third-order valence-corrected chi connectivity index (χ3v) is 6.30. The van der Waals surface area contributed by atoms with Crippen LogP contribution in [0.1, 0.15) is 38.7 Å². The van der Waals surface area contributed by atoms with Gasteiger partial charge in [0.05, 0.1) is 7.11 Å². The Kier molecular flexibility index (Phi) is 5.28. The predicted molar refractivity (Wildman–Crippen MR) is 96.1 cm³/mol. The number of para-hydroxylation sites is 1. The Bertz CT molecular complexity index is 783. The highest BCUT2D eigenvalue weighted by Crippen LogP contribution is 2.39. The van der Waals surface area contributed by atoms with Gasteiger partial charge in [0.15, 0.2) is 0 Å². The van der Waals surface area contributed by atoms with Crippen LogP contribution in [-0.4, -0.2) is 45.2 Å². The first-order chi connectivity index (χ1) is 12.2. The number of rotatable bonds is 5. The fourth-order valence-corrected chi connectivity index (χ4v) is 4.77. The van der Waals surface area contributed by atoms with E-state index in [9.17, 15) is 13.2 Å². The summed E-state index contributed by atoms with van der Waals surface area (Å²) in [6.45, 7) is 5.31. The molecule has 0 bridgehead atoms. The molecule has 26 heavy (non-hydrogen) atoms. The second-order valence-electron chi connectivity index (χ2n) is 7.57. The van der Waals surface area contributed by atoms with E-state index in [1.54, 1.807) is 13.2 Å². The van der Waals surface area contributed by atoms with Gasteiger partial charge < -0.3 is 9.57 Å². The molecule has 1 saturated heterocycles. The number of nitrogens with one attached hydrogen (secondary N) is 1. The van der Waals surface area contributed by atoms with E-state index in [-0.39, 0.29) is 17.2 Å². The Balaban J connectivity index is 1.67. The minimum Gasteiger partial charge on any atom is -0.486 e. The molecule has 0 unspecified atom stereocenters. The van der Waals surface area contributed by atoms with Crippen LogP contribution in [0.5, 0.6) is 5.75 Å². The maximum atomic E-state index is 12.7. The van der Waals surface area contributed by atoms with Gasteiger partial charge in [-0.1, -0.05) is 12.1 Å². The third-order valence-electron chi connectivity index (χ3n) is 4.90. The zero-order valence-electron chi connectivity index (χ0n) is 15.4. The van der Waals surface area contributed by atoms with E-state index in [4.69, 9.17) is 9.57 Å². The van der Waals surface area contributed by atoms with Gasteiger partial charge in [0.2, 0.25) is 5.91 Å². The topological polar surface area (TPSA) is 84.9 Å². The van der Waals surface area contributed by atoms with Crippen LogP contribution < -0.4 is 9.46 Å². The van der Waals surface area contributed by atoms with Crippen LogP contribution in [0.15, 0.2) is 23.1 Å². The van der Waals surface area contributed by atoms with Crippen molar-refractivity contribution in [2.24, 2.45) is 5.92 Å². The van der Waals surface area contributed by atoms with Gasteiger partial charge in [0.25, 0.3) is 10.0 Å². The molecule has 0 radical (unpaired) electrons. The summed E-state index contributed by atoms with van der Waals surface area (Å²) in [5.41, 5.74) is 0.394. The van der Waals surface area contributed by atoms with E-state index >= 15 is 0 Å². The van der Waals surface area contributed by atoms with Crippen LogP contribution in [0.2, 0.25) is 0 Å². The van der Waals surface area contributed by atoms with Crippen LogP contribution in [-0.2, 0) is 26.1 Å². The van der Waals surface area contributed by atoms with Gasteiger partial charge >= 0.3 is 0 Å². The number of nitrogens with zero attached hydrogens (tertiary/aromatic N) is 1. The summed E-state index contributed by atoms with van der Waals surface area (Å²) >= 11 is 0. The molecule has 1 N–H and O–H groups in total. The Labute approximate surface area is 154 Å². The molecule has 1 amide bonds. The standard InChI is InChI=1S/C18H26N2O5S/c1-18(2)12-14-5-4-6-15(17(14)25-18)26(22,23)19-16(21)11-13-7-9-20(24-3)10-8-13/h4-6,13H,7-12H2,1-3H3,(H,19,21). The number of hydrogen-bond donors (Lipinski definition) is 1. The normalized spacial score (nSPS) is 20.4. The van der Waals surface area contributed by atoms with Crippen LogP contribution in [0.3, 0.4) is 0 Å². The second kappa shape index (κ2) is 7.17. The summed E-state index contributed by atoms with van der Waals surface area (Å²) in [5.74, 6) is 0.0372. The Morgan fingerprint density at radius 2 is 2.04 bits per heavy atom. The van der Waals surface area contributed by atoms with E-state index in [0.717, 1.165) is 31.5 Å². The van der Waals surface area contributed by atoms with Crippen molar-refractivity contribution in [2.75, 3.05) is 20.2 Å². The quantitative estimate of drug-likeness (QED) is 0.837. The molecule has 0 aromatic heterocycles. The Hall–Kier alpha value is -1.64. The van der Waals surface area contributed by atoms with Crippen molar-refractivity contribution < 1.29 is 22.8 Å². The molecule has 2 heterocycles. The van der Waals surface area contributed by atoms with Crippen molar-refractivity contribution >= 4 is 15.9 Å². The van der Waals surface area contributed by atoms with E-state index in [1.807, 2.05) is 25.0 Å². The number of fused-ring (bicyclic) bond motifs is 1. The lowest BCUT2D eigenvalue weighted by Crippen LogP contribution is -2.36. The first-order valence-electron chi connectivity index (χ1n) is 8.86. The number of amides is 1. The van der Waals surface area contributed by atoms with Gasteiger partial charge in [-0.25, -0.2) is 13.1 Å². The molecule has 144 valence electrons. The third kappa shape index (κ3) is 4.19. The summed E-state index contributed by atoms with van der Waals surface area (Å²) in [7, 11) is -2.33. The molecule has 1 fully saturated rings. The van der Waals surface area contributed by atoms with Gasteiger partial charge in [-0.3, -0.25) is 4.79 Å². The number of sulfonamides is 1. The lowest BCUT2D eigenvalue weighted by Gasteiger charge is -2.29. The molecule has 8 heteroatoms. The number of benzene rings is 1. The van der Waals surface area contributed by atoms with Gasteiger partial charge in [-0.15, -0.1) is 0 Å². The average molecular weight is 382 g/mol. The molecule has 0 atom stereocenters. The van der Waals surface area contributed by atoms with Crippen LogP contribution in [0.25, 0.3) is 0 Å². The molecule has 0 saturated carbocycles. The molecule has 2 aliphatic heterocycles. The first kappa shape index (κ1) is 19.1. The number of hydroxylamine groups is 2. The van der Waals surface area contributed by atoms with E-state index in [1.165, 1.54) is 6.07 Å². The predicted octanol–water partition coefficient (Wildman–Crippen LogP) is 1.87. The maximum absolute atomic E-state index is 12.7. The number of piperidine rings is 1. The zero-order chi connectivity index (χ0) is 18.9. The molecule has 1 aromatic rings. The smallest absolute Gasteiger partial charge is 0.267 e. The number of hydrogen-bond acceptors (Lipinski definition) is 6. The molecule has 3 rings (SSSR count). The largest absolute Gasteiger partial charge is 0.486 e. The minimum absolute atomic E-state index is 0.0307. The molecule has 0 aliphatic carbocycles. The summed E-state index contributed by atoms with van der Waals surface area (Å²) in [4.78, 5) is 17.5. The maximum Gasteiger partial charge on any atom is 0.267 e. The van der Waals surface area contributed by atoms with Gasteiger partial charge in [-0.2, -0.15) is 5.06 Å². The minimum atomic E-state index is -3.96. The second-order valence-corrected chi connectivity index (χ2v) is 9.22. The fraction of sp³-hybridized carbons (Fsp3) is 0.611. The molecule has 1 aromatic carbocycles. The average Bonchev–Trinajstić information content (AvgIpc) is 2.88. The van der Waals surface area contributed by atoms with E-state index < -0.39 is 21.5 Å². The van der Waals surface area contributed by atoms with Crippen molar-refractivity contribution in [2.45, 2.75) is 50.0 Å². The lowest BCUT2D eigenvalue weighted by molar-refractivity contribution is -0.149. The summed E-state index contributed by atoms with van der Waals surface area (Å²) in [6, 6.07) is 5.02. The highest BCUT2D eigenvalue weighted by Gasteiger charge is 2.35. The van der Waals surface area contributed by atoms with Crippen LogP contribution in [0, 0.1) is 5.92 Å². The Morgan fingerprint density at radius 1 is 1.35 bits per heavy atom. The van der Waals surface area contributed by atoms with Gasteiger partial charge in [0, 0.05) is 25.9 Å². The summed E-state index contributed by atoms with van der Waals surface area (Å²) in [5, 5.41) is 1.84. The summed E-state index contributed by atoms with van der Waals surface area (Å²) < 4.78 is 33.5. The molecular weight excluding hydrogens is 356 g/mol. The highest BCUT2D eigenvalue weighted by molar-refractivity contribution is 7.90. The highest BCUT2D eigenvalue weighted by atomic mass is 32.2. The van der Waals surface area contributed by atoms with Crippen molar-refractivity contribution in [3.05, 3.63) is 23.8 Å². The summed E-state index contributed by atoms with van der Waals surface area (Å²) in [6.07, 6.45) is 2.44.